The van der Waals surface area contributed by atoms with Gasteiger partial charge in [-0.25, -0.2) is 9.18 Å². The van der Waals surface area contributed by atoms with Crippen LogP contribution in [0.2, 0.25) is 0 Å². The summed E-state index contributed by atoms with van der Waals surface area (Å²) >= 11 is 0. The highest BCUT2D eigenvalue weighted by Gasteiger charge is 2.17. The van der Waals surface area contributed by atoms with Gasteiger partial charge in [0, 0.05) is 6.07 Å². The maximum absolute atomic E-state index is 13.7. The van der Waals surface area contributed by atoms with Crippen LogP contribution in [0.5, 0.6) is 11.5 Å². The van der Waals surface area contributed by atoms with Gasteiger partial charge in [-0.15, -0.1) is 0 Å². The third-order valence-corrected chi connectivity index (χ3v) is 2.23. The van der Waals surface area contributed by atoms with Crippen molar-refractivity contribution < 1.29 is 33.3 Å². The molecule has 0 aliphatic heterocycles. The van der Waals surface area contributed by atoms with Crippen molar-refractivity contribution in [2.75, 3.05) is 27.4 Å². The van der Waals surface area contributed by atoms with E-state index in [0.29, 0.717) is 0 Å². The second kappa shape index (κ2) is 6.69. The lowest BCUT2D eigenvalue weighted by Gasteiger charge is -2.10. The average molecular weight is 272 g/mol. The monoisotopic (exact) mass is 272 g/mol. The number of carboxylic acid groups (broad SMARTS) is 1. The first-order chi connectivity index (χ1) is 8.99. The molecular formula is C12H13FO6. The molecule has 1 rings (SSSR count). The van der Waals surface area contributed by atoms with Crippen molar-refractivity contribution in [1.29, 1.82) is 0 Å². The molecule has 0 saturated carbocycles. The van der Waals surface area contributed by atoms with E-state index in [1.54, 1.807) is 0 Å². The molecule has 0 fully saturated rings. The van der Waals surface area contributed by atoms with Crippen molar-refractivity contribution in [2.24, 2.45) is 0 Å². The minimum Gasteiger partial charge on any atom is -0.493 e. The Balaban J connectivity index is 2.87. The predicted molar refractivity (Wildman–Crippen MR) is 62.3 cm³/mol. The first-order valence-electron chi connectivity index (χ1n) is 5.23. The molecule has 0 saturated heterocycles. The maximum atomic E-state index is 13.7. The van der Waals surface area contributed by atoms with Crippen LogP contribution in [0.3, 0.4) is 0 Å². The van der Waals surface area contributed by atoms with Gasteiger partial charge in [0.15, 0.2) is 17.3 Å². The number of halogens is 1. The second-order valence-electron chi connectivity index (χ2n) is 3.50. The Hall–Kier alpha value is -2.15. The number of ether oxygens (including phenoxy) is 3. The standard InChI is InChI=1S/C12H13FO6/c1-17-10-3-7(8(13)4-11(10)18-2)9(14)5-19-6-12(15)16/h3-4H,5-6H2,1-2H3,(H,15,16). The summed E-state index contributed by atoms with van der Waals surface area (Å²) < 4.78 is 28.1. The Morgan fingerprint density at radius 3 is 2.26 bits per heavy atom. The molecule has 0 spiro atoms. The number of carbonyl (C=O) groups excluding carboxylic acids is 1. The maximum Gasteiger partial charge on any atom is 0.329 e. The van der Waals surface area contributed by atoms with Gasteiger partial charge in [-0.05, 0) is 6.07 Å². The molecule has 0 amide bonds. The Labute approximate surface area is 108 Å². The van der Waals surface area contributed by atoms with E-state index in [1.165, 1.54) is 20.3 Å². The number of Topliss-reactive ketones (excluding diaryl/α,β-unsaturated/α-hetero) is 1. The van der Waals surface area contributed by atoms with Gasteiger partial charge in [-0.1, -0.05) is 0 Å². The molecule has 0 heterocycles. The van der Waals surface area contributed by atoms with Crippen LogP contribution in [0.4, 0.5) is 4.39 Å². The number of ketones is 1. The summed E-state index contributed by atoms with van der Waals surface area (Å²) in [5.74, 6) is -2.32. The van der Waals surface area contributed by atoms with Crippen molar-refractivity contribution in [3.63, 3.8) is 0 Å². The van der Waals surface area contributed by atoms with E-state index in [9.17, 15) is 14.0 Å². The highest BCUT2D eigenvalue weighted by Crippen LogP contribution is 2.29. The molecule has 1 aromatic carbocycles. The van der Waals surface area contributed by atoms with E-state index in [4.69, 9.17) is 14.6 Å². The summed E-state index contributed by atoms with van der Waals surface area (Å²) in [5, 5.41) is 8.36. The van der Waals surface area contributed by atoms with Crippen LogP contribution in [0.15, 0.2) is 12.1 Å². The molecule has 6 nitrogen and oxygen atoms in total. The molecule has 19 heavy (non-hydrogen) atoms. The summed E-state index contributed by atoms with van der Waals surface area (Å²) in [6.45, 7) is -1.15. The van der Waals surface area contributed by atoms with Gasteiger partial charge in [0.25, 0.3) is 0 Å². The van der Waals surface area contributed by atoms with Crippen molar-refractivity contribution in [3.05, 3.63) is 23.5 Å². The van der Waals surface area contributed by atoms with Crippen LogP contribution in [-0.4, -0.2) is 44.3 Å². The average Bonchev–Trinajstić information content (AvgIpc) is 2.37. The van der Waals surface area contributed by atoms with E-state index in [2.05, 4.69) is 4.74 Å². The summed E-state index contributed by atoms with van der Waals surface area (Å²) in [6.07, 6.45) is 0. The number of hydrogen-bond acceptors (Lipinski definition) is 5. The first-order valence-corrected chi connectivity index (χ1v) is 5.23. The molecule has 1 aromatic rings. The normalized spacial score (nSPS) is 10.1. The largest absolute Gasteiger partial charge is 0.493 e. The molecule has 104 valence electrons. The number of aliphatic carboxylic acids is 1. The Bertz CT molecular complexity index is 485. The molecule has 1 N–H and O–H groups in total. The SMILES string of the molecule is COc1cc(F)c(C(=O)COCC(=O)O)cc1OC. The van der Waals surface area contributed by atoms with Crippen LogP contribution in [0, 0.1) is 5.82 Å². The predicted octanol–water partition coefficient (Wildman–Crippen LogP) is 1.13. The van der Waals surface area contributed by atoms with Crippen LogP contribution in [0.1, 0.15) is 10.4 Å². The van der Waals surface area contributed by atoms with Gasteiger partial charge >= 0.3 is 5.97 Å². The third kappa shape index (κ3) is 3.92. The van der Waals surface area contributed by atoms with E-state index >= 15 is 0 Å². The number of methoxy groups -OCH3 is 2. The van der Waals surface area contributed by atoms with E-state index in [0.717, 1.165) is 6.07 Å². The fourth-order valence-corrected chi connectivity index (χ4v) is 1.38. The lowest BCUT2D eigenvalue weighted by Crippen LogP contribution is -2.15. The fraction of sp³-hybridized carbons (Fsp3) is 0.333. The van der Waals surface area contributed by atoms with E-state index in [-0.39, 0.29) is 17.1 Å². The lowest BCUT2D eigenvalue weighted by atomic mass is 10.1. The number of carboxylic acids is 1. The fourth-order valence-electron chi connectivity index (χ4n) is 1.38. The molecule has 0 radical (unpaired) electrons. The minimum atomic E-state index is -1.21. The number of hydrogen-bond donors (Lipinski definition) is 1. The molecule has 0 aliphatic carbocycles. The lowest BCUT2D eigenvalue weighted by molar-refractivity contribution is -0.141. The summed E-state index contributed by atoms with van der Waals surface area (Å²) in [4.78, 5) is 21.9. The van der Waals surface area contributed by atoms with Gasteiger partial charge in [-0.2, -0.15) is 0 Å². The zero-order valence-electron chi connectivity index (χ0n) is 10.4. The highest BCUT2D eigenvalue weighted by molar-refractivity contribution is 5.98. The quantitative estimate of drug-likeness (QED) is 0.749. The third-order valence-electron chi connectivity index (χ3n) is 2.23. The van der Waals surface area contributed by atoms with Crippen LogP contribution in [-0.2, 0) is 9.53 Å². The van der Waals surface area contributed by atoms with Crippen molar-refractivity contribution in [3.8, 4) is 11.5 Å². The Morgan fingerprint density at radius 2 is 1.74 bits per heavy atom. The van der Waals surface area contributed by atoms with Gasteiger partial charge < -0.3 is 19.3 Å². The molecule has 0 aliphatic rings. The van der Waals surface area contributed by atoms with Crippen LogP contribution >= 0.6 is 0 Å². The van der Waals surface area contributed by atoms with Crippen molar-refractivity contribution in [1.82, 2.24) is 0 Å². The second-order valence-corrected chi connectivity index (χ2v) is 3.50. The van der Waals surface area contributed by atoms with E-state index in [1.807, 2.05) is 0 Å². The minimum absolute atomic E-state index is 0.156. The zero-order valence-corrected chi connectivity index (χ0v) is 10.4. The van der Waals surface area contributed by atoms with Crippen LogP contribution < -0.4 is 9.47 Å². The van der Waals surface area contributed by atoms with Gasteiger partial charge in [-0.3, -0.25) is 4.79 Å². The molecule has 0 bridgehead atoms. The highest BCUT2D eigenvalue weighted by atomic mass is 19.1. The topological polar surface area (TPSA) is 82.1 Å². The number of carbonyl (C=O) groups is 2. The molecule has 7 heteroatoms. The molecule has 0 atom stereocenters. The molecule has 0 unspecified atom stereocenters. The summed E-state index contributed by atoms with van der Waals surface area (Å²) in [6, 6.07) is 2.20. The van der Waals surface area contributed by atoms with Crippen molar-refractivity contribution >= 4 is 11.8 Å². The number of benzene rings is 1. The Kier molecular flexibility index (Phi) is 5.25. The van der Waals surface area contributed by atoms with Crippen molar-refractivity contribution in [2.45, 2.75) is 0 Å². The smallest absolute Gasteiger partial charge is 0.329 e. The zero-order chi connectivity index (χ0) is 14.4. The van der Waals surface area contributed by atoms with Gasteiger partial charge in [0.2, 0.25) is 0 Å². The summed E-state index contributed by atoms with van der Waals surface area (Å²) in [5.41, 5.74) is -0.247. The van der Waals surface area contributed by atoms with Crippen LogP contribution in [0.25, 0.3) is 0 Å². The summed E-state index contributed by atoms with van der Waals surface area (Å²) in [7, 11) is 2.69. The first kappa shape index (κ1) is 14.9. The van der Waals surface area contributed by atoms with Gasteiger partial charge in [0.05, 0.1) is 19.8 Å². The van der Waals surface area contributed by atoms with Gasteiger partial charge in [0.1, 0.15) is 19.0 Å². The Morgan fingerprint density at radius 1 is 1.16 bits per heavy atom. The van der Waals surface area contributed by atoms with E-state index < -0.39 is 30.8 Å². The molecule has 0 aromatic heterocycles. The molecular weight excluding hydrogens is 259 g/mol. The number of rotatable bonds is 7.